The van der Waals surface area contributed by atoms with Crippen molar-refractivity contribution in [1.82, 2.24) is 9.97 Å². The number of hydrogen-bond donors (Lipinski definition) is 1. The third-order valence-corrected chi connectivity index (χ3v) is 5.53. The number of hydrogen-bond acceptors (Lipinski definition) is 4. The van der Waals surface area contributed by atoms with E-state index in [9.17, 15) is 4.57 Å². The second-order valence-electron chi connectivity index (χ2n) is 4.99. The molecular formula is C16H19N2O3P. The van der Waals surface area contributed by atoms with Crippen molar-refractivity contribution in [1.29, 1.82) is 0 Å². The minimum atomic E-state index is -3.38. The van der Waals surface area contributed by atoms with E-state index in [4.69, 9.17) is 9.05 Å². The summed E-state index contributed by atoms with van der Waals surface area (Å²) in [5.41, 5.74) is 3.13. The number of nitrogens with one attached hydrogen (secondary N) is 1. The second kappa shape index (κ2) is 5.84. The van der Waals surface area contributed by atoms with Gasteiger partial charge in [0.1, 0.15) is 0 Å². The number of aromatic nitrogens is 2. The summed E-state index contributed by atoms with van der Waals surface area (Å²) in [5, 5.41) is 2.06. The highest BCUT2D eigenvalue weighted by Crippen LogP contribution is 2.47. The molecule has 2 heterocycles. The zero-order valence-electron chi connectivity index (χ0n) is 12.9. The van der Waals surface area contributed by atoms with Gasteiger partial charge in [-0.25, -0.2) is 4.98 Å². The lowest BCUT2D eigenvalue weighted by Gasteiger charge is -2.16. The molecule has 0 aliphatic carbocycles. The van der Waals surface area contributed by atoms with Gasteiger partial charge in [-0.1, -0.05) is 18.2 Å². The number of para-hydroxylation sites is 1. The first-order valence-corrected chi connectivity index (χ1v) is 8.91. The zero-order chi connectivity index (χ0) is 15.7. The third-order valence-electron chi connectivity index (χ3n) is 3.54. The number of aryl methyl sites for hydroxylation is 1. The lowest BCUT2D eigenvalue weighted by atomic mass is 10.2. The summed E-state index contributed by atoms with van der Waals surface area (Å²) in [6, 6.07) is 9.82. The molecule has 0 bridgehead atoms. The third kappa shape index (κ3) is 2.45. The molecule has 0 unspecified atom stereocenters. The quantitative estimate of drug-likeness (QED) is 0.724. The van der Waals surface area contributed by atoms with Gasteiger partial charge in [0.05, 0.1) is 24.4 Å². The Balaban J connectivity index is 2.27. The number of aromatic amines is 1. The molecule has 2 aromatic heterocycles. The first kappa shape index (κ1) is 15.2. The van der Waals surface area contributed by atoms with Crippen LogP contribution in [0.5, 0.6) is 0 Å². The maximum absolute atomic E-state index is 13.0. The molecule has 0 atom stereocenters. The maximum Gasteiger partial charge on any atom is 0.379 e. The van der Waals surface area contributed by atoms with E-state index in [-0.39, 0.29) is 0 Å². The van der Waals surface area contributed by atoms with E-state index in [1.165, 1.54) is 0 Å². The van der Waals surface area contributed by atoms with Crippen LogP contribution in [0.1, 0.15) is 19.5 Å². The molecule has 5 nitrogen and oxygen atoms in total. The molecule has 1 aromatic carbocycles. The van der Waals surface area contributed by atoms with Gasteiger partial charge in [0.2, 0.25) is 0 Å². The van der Waals surface area contributed by atoms with Crippen LogP contribution in [0.15, 0.2) is 30.3 Å². The van der Waals surface area contributed by atoms with Gasteiger partial charge in [0.15, 0.2) is 5.44 Å². The second-order valence-corrected chi connectivity index (χ2v) is 6.96. The first-order valence-electron chi connectivity index (χ1n) is 7.36. The van der Waals surface area contributed by atoms with Crippen molar-refractivity contribution >= 4 is 34.8 Å². The monoisotopic (exact) mass is 318 g/mol. The molecule has 0 aliphatic rings. The van der Waals surface area contributed by atoms with Gasteiger partial charge in [0, 0.05) is 16.3 Å². The van der Waals surface area contributed by atoms with Crippen molar-refractivity contribution in [2.24, 2.45) is 0 Å². The summed E-state index contributed by atoms with van der Waals surface area (Å²) in [4.78, 5) is 7.82. The standard InChI is InChI=1S/C16H19N2O3P/c1-4-20-22(19,21-5-2)15-10-13-12-8-6-7-9-14(12)18-16(13)11(3)17-15/h6-10,18H,4-5H2,1-3H3. The summed E-state index contributed by atoms with van der Waals surface area (Å²) in [6.45, 7) is 6.10. The highest BCUT2D eigenvalue weighted by Gasteiger charge is 2.29. The highest BCUT2D eigenvalue weighted by molar-refractivity contribution is 7.61. The highest BCUT2D eigenvalue weighted by atomic mass is 31.2. The Morgan fingerprint density at radius 1 is 1.14 bits per heavy atom. The Hall–Kier alpha value is -1.68. The summed E-state index contributed by atoms with van der Waals surface area (Å²) in [5.74, 6) is 0. The molecular weight excluding hydrogens is 299 g/mol. The number of rotatable bonds is 5. The van der Waals surface area contributed by atoms with Crippen LogP contribution in [-0.4, -0.2) is 23.2 Å². The first-order chi connectivity index (χ1) is 10.6. The van der Waals surface area contributed by atoms with Crippen molar-refractivity contribution in [3.05, 3.63) is 36.0 Å². The van der Waals surface area contributed by atoms with Crippen LogP contribution < -0.4 is 5.44 Å². The number of nitrogens with zero attached hydrogens (tertiary/aromatic N) is 1. The number of fused-ring (bicyclic) bond motifs is 3. The molecule has 0 saturated carbocycles. The fourth-order valence-electron chi connectivity index (χ4n) is 2.64. The van der Waals surface area contributed by atoms with E-state index >= 15 is 0 Å². The Labute approximate surface area is 129 Å². The SMILES string of the molecule is CCOP(=O)(OCC)c1cc2c([nH]c3ccccc32)c(C)n1. The molecule has 116 valence electrons. The van der Waals surface area contributed by atoms with Gasteiger partial charge in [-0.3, -0.25) is 4.57 Å². The van der Waals surface area contributed by atoms with Gasteiger partial charge >= 0.3 is 7.60 Å². The molecule has 0 amide bonds. The predicted octanol–water partition coefficient (Wildman–Crippen LogP) is 3.92. The van der Waals surface area contributed by atoms with Crippen LogP contribution in [0.3, 0.4) is 0 Å². The topological polar surface area (TPSA) is 64.2 Å². The minimum absolute atomic E-state index is 0.309. The smallest absolute Gasteiger partial charge is 0.353 e. The predicted molar refractivity (Wildman–Crippen MR) is 88.8 cm³/mol. The number of pyridine rings is 1. The van der Waals surface area contributed by atoms with Crippen molar-refractivity contribution in [3.8, 4) is 0 Å². The molecule has 3 rings (SSSR count). The van der Waals surface area contributed by atoms with Crippen LogP contribution in [0.4, 0.5) is 0 Å². The zero-order valence-corrected chi connectivity index (χ0v) is 13.8. The summed E-state index contributed by atoms with van der Waals surface area (Å²) in [6.07, 6.45) is 0. The summed E-state index contributed by atoms with van der Waals surface area (Å²) >= 11 is 0. The Kier molecular flexibility index (Phi) is 4.04. The van der Waals surface area contributed by atoms with E-state index in [2.05, 4.69) is 9.97 Å². The van der Waals surface area contributed by atoms with E-state index < -0.39 is 7.60 Å². The molecule has 0 saturated heterocycles. The molecule has 0 spiro atoms. The van der Waals surface area contributed by atoms with Crippen molar-refractivity contribution in [3.63, 3.8) is 0 Å². The fraction of sp³-hybridized carbons (Fsp3) is 0.312. The van der Waals surface area contributed by atoms with Gasteiger partial charge in [0.25, 0.3) is 0 Å². The van der Waals surface area contributed by atoms with Crippen LogP contribution in [0, 0.1) is 6.92 Å². The van der Waals surface area contributed by atoms with E-state index in [1.807, 2.05) is 37.3 Å². The molecule has 0 radical (unpaired) electrons. The van der Waals surface area contributed by atoms with E-state index in [0.29, 0.717) is 18.6 Å². The van der Waals surface area contributed by atoms with E-state index in [0.717, 1.165) is 27.5 Å². The van der Waals surface area contributed by atoms with Crippen LogP contribution in [0.2, 0.25) is 0 Å². The molecule has 0 aliphatic heterocycles. The number of H-pyrrole nitrogens is 1. The lowest BCUT2D eigenvalue weighted by Crippen LogP contribution is -2.15. The molecule has 3 aromatic rings. The molecule has 0 fully saturated rings. The maximum atomic E-state index is 13.0. The Morgan fingerprint density at radius 3 is 2.50 bits per heavy atom. The van der Waals surface area contributed by atoms with Crippen LogP contribution >= 0.6 is 7.60 Å². The van der Waals surface area contributed by atoms with E-state index in [1.54, 1.807) is 13.8 Å². The summed E-state index contributed by atoms with van der Waals surface area (Å²) < 4.78 is 23.8. The molecule has 1 N–H and O–H groups in total. The van der Waals surface area contributed by atoms with Crippen LogP contribution in [-0.2, 0) is 13.6 Å². The number of benzene rings is 1. The average molecular weight is 318 g/mol. The van der Waals surface area contributed by atoms with Gasteiger partial charge in [-0.05, 0) is 32.9 Å². The Morgan fingerprint density at radius 2 is 1.82 bits per heavy atom. The van der Waals surface area contributed by atoms with Gasteiger partial charge in [-0.15, -0.1) is 0 Å². The van der Waals surface area contributed by atoms with Gasteiger partial charge < -0.3 is 14.0 Å². The average Bonchev–Trinajstić information content (AvgIpc) is 2.87. The Bertz CT molecular complexity index is 862. The largest absolute Gasteiger partial charge is 0.379 e. The molecule has 6 heteroatoms. The minimum Gasteiger partial charge on any atom is -0.353 e. The summed E-state index contributed by atoms with van der Waals surface area (Å²) in [7, 11) is -3.38. The fourth-order valence-corrected chi connectivity index (χ4v) is 4.22. The normalized spacial score (nSPS) is 12.3. The van der Waals surface area contributed by atoms with Crippen molar-refractivity contribution in [2.75, 3.05) is 13.2 Å². The van der Waals surface area contributed by atoms with Gasteiger partial charge in [-0.2, -0.15) is 0 Å². The molecule has 22 heavy (non-hydrogen) atoms. The van der Waals surface area contributed by atoms with Crippen molar-refractivity contribution in [2.45, 2.75) is 20.8 Å². The van der Waals surface area contributed by atoms with Crippen molar-refractivity contribution < 1.29 is 13.6 Å². The lowest BCUT2D eigenvalue weighted by molar-refractivity contribution is 0.229. The van der Waals surface area contributed by atoms with Crippen LogP contribution in [0.25, 0.3) is 21.8 Å².